The van der Waals surface area contributed by atoms with Crippen LogP contribution in [0.15, 0.2) is 22.5 Å². The highest BCUT2D eigenvalue weighted by atomic mass is 127. The molecule has 1 atom stereocenters. The highest BCUT2D eigenvalue weighted by Crippen LogP contribution is 2.22. The topological polar surface area (TPSA) is 60.0 Å². The number of hydrogen-bond acceptors (Lipinski definition) is 4. The van der Waals surface area contributed by atoms with E-state index in [0.717, 1.165) is 58.1 Å². The lowest BCUT2D eigenvalue weighted by Crippen LogP contribution is -2.46. The van der Waals surface area contributed by atoms with Crippen LogP contribution in [0.4, 0.5) is 0 Å². The van der Waals surface area contributed by atoms with Crippen molar-refractivity contribution in [3.63, 3.8) is 0 Å². The minimum atomic E-state index is 0. The second-order valence-electron chi connectivity index (χ2n) is 8.33. The van der Waals surface area contributed by atoms with E-state index in [1.165, 1.54) is 24.3 Å². The summed E-state index contributed by atoms with van der Waals surface area (Å²) in [5.41, 5.74) is 0. The third-order valence-corrected chi connectivity index (χ3v) is 6.92. The van der Waals surface area contributed by atoms with E-state index in [4.69, 9.17) is 4.99 Å². The molecule has 2 aliphatic heterocycles. The van der Waals surface area contributed by atoms with Crippen LogP contribution in [0, 0.1) is 11.8 Å². The molecular weight excluding hydrogens is 509 g/mol. The van der Waals surface area contributed by atoms with Crippen LogP contribution < -0.4 is 10.6 Å². The summed E-state index contributed by atoms with van der Waals surface area (Å²) in [6.45, 7) is 9.35. The summed E-state index contributed by atoms with van der Waals surface area (Å²) in [6, 6.07) is 4.38. The molecule has 30 heavy (non-hydrogen) atoms. The highest BCUT2D eigenvalue weighted by Gasteiger charge is 2.24. The molecule has 2 N–H and O–H groups in total. The number of halogens is 1. The van der Waals surface area contributed by atoms with Crippen molar-refractivity contribution < 1.29 is 4.79 Å². The molecule has 0 spiro atoms. The summed E-state index contributed by atoms with van der Waals surface area (Å²) in [5.74, 6) is 2.36. The number of carbonyl (C=O) groups excluding carboxylic acids is 1. The number of amides is 1. The molecule has 0 saturated carbocycles. The Bertz CT molecular complexity index is 646. The van der Waals surface area contributed by atoms with Crippen LogP contribution in [-0.2, 0) is 11.3 Å². The largest absolute Gasteiger partial charge is 0.359 e. The summed E-state index contributed by atoms with van der Waals surface area (Å²) in [6.07, 6.45) is 5.33. The molecule has 3 heterocycles. The first-order valence-corrected chi connectivity index (χ1v) is 12.0. The van der Waals surface area contributed by atoms with Gasteiger partial charge >= 0.3 is 0 Å². The van der Waals surface area contributed by atoms with Crippen LogP contribution in [0.3, 0.4) is 0 Å². The van der Waals surface area contributed by atoms with E-state index in [-0.39, 0.29) is 29.9 Å². The smallest absolute Gasteiger partial charge is 0.220 e. The molecule has 3 rings (SSSR count). The number of aliphatic imine (C=N–C) groups is 1. The number of carbonyl (C=O) groups is 1. The van der Waals surface area contributed by atoms with E-state index in [0.29, 0.717) is 18.3 Å². The molecule has 1 aromatic rings. The first-order valence-electron chi connectivity index (χ1n) is 11.2. The minimum Gasteiger partial charge on any atom is -0.359 e. The van der Waals surface area contributed by atoms with Crippen LogP contribution in [0.25, 0.3) is 0 Å². The van der Waals surface area contributed by atoms with E-state index in [9.17, 15) is 4.79 Å². The lowest BCUT2D eigenvalue weighted by Gasteiger charge is -2.35. The van der Waals surface area contributed by atoms with Crippen molar-refractivity contribution in [3.8, 4) is 0 Å². The lowest BCUT2D eigenvalue weighted by molar-refractivity contribution is -0.121. The maximum atomic E-state index is 11.6. The van der Waals surface area contributed by atoms with Crippen LogP contribution in [0.2, 0.25) is 0 Å². The minimum absolute atomic E-state index is 0. The van der Waals surface area contributed by atoms with Gasteiger partial charge in [-0.15, -0.1) is 35.3 Å². The summed E-state index contributed by atoms with van der Waals surface area (Å²) in [4.78, 5) is 23.1. The van der Waals surface area contributed by atoms with Crippen LogP contribution >= 0.6 is 35.3 Å². The molecular formula is C22H38IN5OS. The van der Waals surface area contributed by atoms with Crippen molar-refractivity contribution in [2.45, 2.75) is 45.6 Å². The first kappa shape index (κ1) is 25.4. The zero-order chi connectivity index (χ0) is 20.5. The second kappa shape index (κ2) is 13.5. The van der Waals surface area contributed by atoms with Gasteiger partial charge in [0.05, 0.1) is 0 Å². The van der Waals surface area contributed by atoms with Gasteiger partial charge in [-0.1, -0.05) is 6.07 Å². The molecule has 2 saturated heterocycles. The molecule has 0 radical (unpaired) electrons. The van der Waals surface area contributed by atoms with E-state index >= 15 is 0 Å². The Labute approximate surface area is 202 Å². The van der Waals surface area contributed by atoms with Crippen molar-refractivity contribution in [1.29, 1.82) is 0 Å². The van der Waals surface area contributed by atoms with Crippen molar-refractivity contribution in [2.24, 2.45) is 16.8 Å². The third-order valence-electron chi connectivity index (χ3n) is 6.06. The molecule has 2 aliphatic rings. The molecule has 0 aromatic carbocycles. The molecule has 8 heteroatoms. The van der Waals surface area contributed by atoms with Gasteiger partial charge in [0.2, 0.25) is 5.91 Å². The second-order valence-corrected chi connectivity index (χ2v) is 9.36. The fourth-order valence-electron chi connectivity index (χ4n) is 4.42. The van der Waals surface area contributed by atoms with Crippen molar-refractivity contribution >= 4 is 47.2 Å². The van der Waals surface area contributed by atoms with Gasteiger partial charge in [-0.3, -0.25) is 14.7 Å². The normalized spacial score (nSPS) is 21.2. The number of nitrogens with one attached hydrogen (secondary N) is 2. The molecule has 1 amide bonds. The maximum Gasteiger partial charge on any atom is 0.220 e. The summed E-state index contributed by atoms with van der Waals surface area (Å²) in [5, 5.41) is 8.41. The van der Waals surface area contributed by atoms with Gasteiger partial charge in [0.15, 0.2) is 5.96 Å². The fourth-order valence-corrected chi connectivity index (χ4v) is 5.17. The summed E-state index contributed by atoms with van der Waals surface area (Å²) < 4.78 is 0. The Morgan fingerprint density at radius 3 is 2.70 bits per heavy atom. The van der Waals surface area contributed by atoms with Gasteiger partial charge in [0.25, 0.3) is 0 Å². The molecule has 1 aromatic heterocycles. The van der Waals surface area contributed by atoms with Crippen molar-refractivity contribution in [2.75, 3.05) is 46.3 Å². The standard InChI is InChI=1S/C22H37N5OS.HI/c1-3-24-22(27-11-8-18(9-12-27)14-21(28)23-2)25-15-19-6-4-10-26(16-19)17-20-7-5-13-29-20;/h5,7,13,18-19H,3-4,6,8-12,14-17H2,1-2H3,(H,23,28)(H,24,25);1H. The average Bonchev–Trinajstić information content (AvgIpc) is 3.25. The van der Waals surface area contributed by atoms with E-state index < -0.39 is 0 Å². The third kappa shape index (κ3) is 8.00. The first-order chi connectivity index (χ1) is 14.2. The molecule has 6 nitrogen and oxygen atoms in total. The van der Waals surface area contributed by atoms with Gasteiger partial charge in [-0.25, -0.2) is 0 Å². The van der Waals surface area contributed by atoms with Crippen LogP contribution in [-0.4, -0.2) is 68.0 Å². The molecule has 170 valence electrons. The monoisotopic (exact) mass is 547 g/mol. The fraction of sp³-hybridized carbons (Fsp3) is 0.727. The number of hydrogen-bond donors (Lipinski definition) is 2. The van der Waals surface area contributed by atoms with E-state index in [2.05, 4.69) is 44.9 Å². The number of piperidine rings is 2. The highest BCUT2D eigenvalue weighted by molar-refractivity contribution is 14.0. The number of rotatable bonds is 7. The molecule has 1 unspecified atom stereocenters. The van der Waals surface area contributed by atoms with Gasteiger partial charge in [0.1, 0.15) is 0 Å². The maximum absolute atomic E-state index is 11.6. The zero-order valence-electron chi connectivity index (χ0n) is 18.4. The number of likely N-dealkylation sites (tertiary alicyclic amines) is 2. The van der Waals surface area contributed by atoms with Crippen LogP contribution in [0.5, 0.6) is 0 Å². The number of thiophene rings is 1. The summed E-state index contributed by atoms with van der Waals surface area (Å²) in [7, 11) is 1.72. The quantitative estimate of drug-likeness (QED) is 0.312. The van der Waals surface area contributed by atoms with Gasteiger partial charge in [0, 0.05) is 57.6 Å². The predicted octanol–water partition coefficient (Wildman–Crippen LogP) is 3.39. The Hall–Kier alpha value is -0.870. The average molecular weight is 548 g/mol. The van der Waals surface area contributed by atoms with E-state index in [1.807, 2.05) is 11.3 Å². The van der Waals surface area contributed by atoms with Crippen molar-refractivity contribution in [3.05, 3.63) is 22.4 Å². The SMILES string of the molecule is CCNC(=NCC1CCCN(Cc2cccs2)C1)N1CCC(CC(=O)NC)CC1.I. The Balaban J connectivity index is 0.00000320. The Morgan fingerprint density at radius 2 is 2.03 bits per heavy atom. The van der Waals surface area contributed by atoms with Gasteiger partial charge < -0.3 is 15.5 Å². The Kier molecular flexibility index (Phi) is 11.4. The molecule has 0 bridgehead atoms. The van der Waals surface area contributed by atoms with Crippen molar-refractivity contribution in [1.82, 2.24) is 20.4 Å². The zero-order valence-corrected chi connectivity index (χ0v) is 21.6. The van der Waals surface area contributed by atoms with E-state index in [1.54, 1.807) is 7.05 Å². The predicted molar refractivity (Wildman–Crippen MR) is 137 cm³/mol. The molecule has 2 fully saturated rings. The van der Waals surface area contributed by atoms with Gasteiger partial charge in [-0.05, 0) is 62.4 Å². The van der Waals surface area contributed by atoms with Gasteiger partial charge in [-0.2, -0.15) is 0 Å². The lowest BCUT2D eigenvalue weighted by atomic mass is 9.93. The number of guanidine groups is 1. The van der Waals surface area contributed by atoms with Crippen LogP contribution in [0.1, 0.15) is 43.9 Å². The summed E-state index contributed by atoms with van der Waals surface area (Å²) >= 11 is 1.86. The number of nitrogens with zero attached hydrogens (tertiary/aromatic N) is 3. The molecule has 0 aliphatic carbocycles. The Morgan fingerprint density at radius 1 is 1.23 bits per heavy atom.